The molecular weight excluding hydrogens is 326 g/mol. The molecule has 1 heterocycles. The summed E-state index contributed by atoms with van der Waals surface area (Å²) in [6.07, 6.45) is 4.40. The fraction of sp³-hybridized carbons (Fsp3) is 0.294. The van der Waals surface area contributed by atoms with E-state index >= 15 is 0 Å². The van der Waals surface area contributed by atoms with Gasteiger partial charge in [-0.2, -0.15) is 4.31 Å². The first-order chi connectivity index (χ1) is 11.4. The van der Waals surface area contributed by atoms with E-state index in [-0.39, 0.29) is 25.5 Å². The molecule has 0 aliphatic carbocycles. The number of aromatic nitrogens is 1. The predicted octanol–water partition coefficient (Wildman–Crippen LogP) is 1.58. The molecule has 0 saturated carbocycles. The van der Waals surface area contributed by atoms with Gasteiger partial charge in [-0.15, -0.1) is 0 Å². The normalized spacial score (nSPS) is 11.5. The molecule has 0 spiro atoms. The zero-order valence-electron chi connectivity index (χ0n) is 13.8. The highest BCUT2D eigenvalue weighted by molar-refractivity contribution is 7.88. The number of amides is 1. The van der Waals surface area contributed by atoms with Crippen LogP contribution in [-0.2, 0) is 16.6 Å². The Morgan fingerprint density at radius 1 is 1.12 bits per heavy atom. The first-order valence-electron chi connectivity index (χ1n) is 7.55. The number of carbonyl (C=O) groups is 1. The second-order valence-corrected chi connectivity index (χ2v) is 7.56. The van der Waals surface area contributed by atoms with Gasteiger partial charge in [0, 0.05) is 37.6 Å². The van der Waals surface area contributed by atoms with Gasteiger partial charge in [-0.05, 0) is 36.8 Å². The number of nitrogens with one attached hydrogen (secondary N) is 1. The minimum atomic E-state index is -3.37. The minimum Gasteiger partial charge on any atom is -0.351 e. The van der Waals surface area contributed by atoms with Gasteiger partial charge in [0.25, 0.3) is 5.91 Å². The molecule has 0 aliphatic rings. The fourth-order valence-electron chi connectivity index (χ4n) is 2.16. The van der Waals surface area contributed by atoms with Crippen LogP contribution in [0.4, 0.5) is 0 Å². The van der Waals surface area contributed by atoms with Crippen molar-refractivity contribution < 1.29 is 13.2 Å². The summed E-state index contributed by atoms with van der Waals surface area (Å²) < 4.78 is 25.2. The van der Waals surface area contributed by atoms with E-state index in [0.717, 1.165) is 17.4 Å². The Hall–Kier alpha value is -2.25. The lowest BCUT2D eigenvalue weighted by molar-refractivity contribution is 0.0951. The zero-order chi connectivity index (χ0) is 17.6. The average molecular weight is 347 g/mol. The Morgan fingerprint density at radius 2 is 1.75 bits per heavy atom. The van der Waals surface area contributed by atoms with Gasteiger partial charge in [-0.1, -0.05) is 17.7 Å². The van der Waals surface area contributed by atoms with E-state index in [1.54, 1.807) is 36.7 Å². The number of hydrogen-bond acceptors (Lipinski definition) is 4. The fourth-order valence-corrected chi connectivity index (χ4v) is 2.96. The van der Waals surface area contributed by atoms with E-state index in [1.165, 1.54) is 4.31 Å². The largest absolute Gasteiger partial charge is 0.351 e. The number of rotatable bonds is 7. The van der Waals surface area contributed by atoms with Gasteiger partial charge in [0.2, 0.25) is 10.0 Å². The summed E-state index contributed by atoms with van der Waals surface area (Å²) in [6, 6.07) is 10.8. The third-order valence-corrected chi connectivity index (χ3v) is 4.79. The van der Waals surface area contributed by atoms with Crippen LogP contribution in [0.1, 0.15) is 21.5 Å². The summed E-state index contributed by atoms with van der Waals surface area (Å²) in [7, 11) is -3.37. The van der Waals surface area contributed by atoms with Crippen LogP contribution in [0.5, 0.6) is 0 Å². The molecule has 24 heavy (non-hydrogen) atoms. The second kappa shape index (κ2) is 8.03. The number of carbonyl (C=O) groups excluding carboxylic acids is 1. The second-order valence-electron chi connectivity index (χ2n) is 5.57. The SMILES string of the molecule is Cc1ccc(C(=O)NCCN(Cc2ccncc2)S(C)(=O)=O)cc1. The first-order valence-corrected chi connectivity index (χ1v) is 9.40. The van der Waals surface area contributed by atoms with E-state index in [1.807, 2.05) is 19.1 Å². The molecule has 0 fully saturated rings. The minimum absolute atomic E-state index is 0.207. The Morgan fingerprint density at radius 3 is 2.33 bits per heavy atom. The van der Waals surface area contributed by atoms with Crippen LogP contribution in [0.2, 0.25) is 0 Å². The third-order valence-electron chi connectivity index (χ3n) is 3.54. The molecule has 1 N–H and O–H groups in total. The number of pyridine rings is 1. The topological polar surface area (TPSA) is 79.4 Å². The Bertz CT molecular complexity index is 774. The molecule has 2 rings (SSSR count). The van der Waals surface area contributed by atoms with Crippen LogP contribution in [0.3, 0.4) is 0 Å². The number of benzene rings is 1. The highest BCUT2D eigenvalue weighted by Gasteiger charge is 2.17. The number of nitrogens with zero attached hydrogens (tertiary/aromatic N) is 2. The summed E-state index contributed by atoms with van der Waals surface area (Å²) in [5, 5.41) is 2.75. The van der Waals surface area contributed by atoms with Crippen molar-refractivity contribution in [1.82, 2.24) is 14.6 Å². The lowest BCUT2D eigenvalue weighted by Crippen LogP contribution is -2.37. The molecule has 1 amide bonds. The standard InChI is InChI=1S/C17H21N3O3S/c1-14-3-5-16(6-4-14)17(21)19-11-12-20(24(2,22)23)13-15-7-9-18-10-8-15/h3-10H,11-13H2,1-2H3,(H,19,21). The molecule has 2 aromatic rings. The van der Waals surface area contributed by atoms with E-state index in [2.05, 4.69) is 10.3 Å². The van der Waals surface area contributed by atoms with Crippen LogP contribution in [0.25, 0.3) is 0 Å². The van der Waals surface area contributed by atoms with E-state index in [9.17, 15) is 13.2 Å². The number of aryl methyl sites for hydroxylation is 1. The van der Waals surface area contributed by atoms with Crippen LogP contribution in [-0.4, -0.2) is 43.0 Å². The predicted molar refractivity (Wildman–Crippen MR) is 93.0 cm³/mol. The van der Waals surface area contributed by atoms with Gasteiger partial charge >= 0.3 is 0 Å². The molecule has 0 radical (unpaired) electrons. The van der Waals surface area contributed by atoms with Crippen LogP contribution >= 0.6 is 0 Å². The van der Waals surface area contributed by atoms with Gasteiger partial charge in [0.05, 0.1) is 6.26 Å². The van der Waals surface area contributed by atoms with Gasteiger partial charge < -0.3 is 5.32 Å². The van der Waals surface area contributed by atoms with E-state index in [0.29, 0.717) is 5.56 Å². The van der Waals surface area contributed by atoms with Crippen molar-refractivity contribution in [3.05, 3.63) is 65.5 Å². The summed E-state index contributed by atoms with van der Waals surface area (Å²) in [5.41, 5.74) is 2.48. The summed E-state index contributed by atoms with van der Waals surface area (Å²) in [4.78, 5) is 16.0. The van der Waals surface area contributed by atoms with Gasteiger partial charge in [0.1, 0.15) is 0 Å². The summed E-state index contributed by atoms with van der Waals surface area (Å²) in [5.74, 6) is -0.215. The quantitative estimate of drug-likeness (QED) is 0.825. The number of hydrogen-bond donors (Lipinski definition) is 1. The van der Waals surface area contributed by atoms with E-state index < -0.39 is 10.0 Å². The first kappa shape index (κ1) is 18.1. The Balaban J connectivity index is 1.93. The Labute approximate surface area is 142 Å². The van der Waals surface area contributed by atoms with E-state index in [4.69, 9.17) is 0 Å². The number of sulfonamides is 1. The molecule has 1 aromatic heterocycles. The molecule has 0 aliphatic heterocycles. The maximum atomic E-state index is 12.1. The van der Waals surface area contributed by atoms with Crippen molar-refractivity contribution >= 4 is 15.9 Å². The smallest absolute Gasteiger partial charge is 0.251 e. The lowest BCUT2D eigenvalue weighted by Gasteiger charge is -2.20. The average Bonchev–Trinajstić information content (AvgIpc) is 2.54. The molecular formula is C17H21N3O3S. The highest BCUT2D eigenvalue weighted by Crippen LogP contribution is 2.07. The van der Waals surface area contributed by atoms with Crippen molar-refractivity contribution in [2.45, 2.75) is 13.5 Å². The molecule has 0 saturated heterocycles. The van der Waals surface area contributed by atoms with Crippen molar-refractivity contribution in [3.63, 3.8) is 0 Å². The third kappa shape index (κ3) is 5.43. The zero-order valence-corrected chi connectivity index (χ0v) is 14.6. The molecule has 7 heteroatoms. The van der Waals surface area contributed by atoms with Crippen LogP contribution in [0.15, 0.2) is 48.8 Å². The van der Waals surface area contributed by atoms with Crippen molar-refractivity contribution in [2.75, 3.05) is 19.3 Å². The van der Waals surface area contributed by atoms with Gasteiger partial charge in [-0.25, -0.2) is 8.42 Å². The monoisotopic (exact) mass is 347 g/mol. The van der Waals surface area contributed by atoms with Crippen LogP contribution in [0, 0.1) is 6.92 Å². The maximum absolute atomic E-state index is 12.1. The molecule has 0 atom stereocenters. The summed E-state index contributed by atoms with van der Waals surface area (Å²) in [6.45, 7) is 2.65. The van der Waals surface area contributed by atoms with Gasteiger partial charge in [-0.3, -0.25) is 9.78 Å². The molecule has 6 nitrogen and oxygen atoms in total. The molecule has 128 valence electrons. The Kier molecular flexibility index (Phi) is 6.05. The summed E-state index contributed by atoms with van der Waals surface area (Å²) >= 11 is 0. The van der Waals surface area contributed by atoms with Crippen molar-refractivity contribution in [3.8, 4) is 0 Å². The van der Waals surface area contributed by atoms with Crippen molar-refractivity contribution in [2.24, 2.45) is 0 Å². The maximum Gasteiger partial charge on any atom is 0.251 e. The van der Waals surface area contributed by atoms with Gasteiger partial charge in [0.15, 0.2) is 0 Å². The molecule has 1 aromatic carbocycles. The van der Waals surface area contributed by atoms with Crippen molar-refractivity contribution in [1.29, 1.82) is 0 Å². The molecule has 0 unspecified atom stereocenters. The highest BCUT2D eigenvalue weighted by atomic mass is 32.2. The lowest BCUT2D eigenvalue weighted by atomic mass is 10.1. The van der Waals surface area contributed by atoms with Crippen LogP contribution < -0.4 is 5.32 Å². The molecule has 0 bridgehead atoms.